The summed E-state index contributed by atoms with van der Waals surface area (Å²) in [5, 5.41) is 2.79. The molecule has 2 aromatic carbocycles. The molecule has 1 amide bonds. The van der Waals surface area contributed by atoms with Crippen molar-refractivity contribution in [2.75, 3.05) is 33.1 Å². The number of hydrogen-bond acceptors (Lipinski definition) is 5. The van der Waals surface area contributed by atoms with Crippen LogP contribution < -0.4 is 10.1 Å². The summed E-state index contributed by atoms with van der Waals surface area (Å²) in [6.45, 7) is 0.840. The Morgan fingerprint density at radius 1 is 1.08 bits per heavy atom. The lowest BCUT2D eigenvalue weighted by atomic mass is 10.2. The predicted molar refractivity (Wildman–Crippen MR) is 95.7 cm³/mol. The SMILES string of the molecule is COC(=O)c1cccc(NC(=O)CN(C)Cc2cccc(OC)c2)c1. The van der Waals surface area contributed by atoms with Gasteiger partial charge in [-0.05, 0) is 42.9 Å². The lowest BCUT2D eigenvalue weighted by Gasteiger charge is -2.17. The normalized spacial score (nSPS) is 10.4. The molecule has 0 saturated carbocycles. The van der Waals surface area contributed by atoms with Gasteiger partial charge in [-0.3, -0.25) is 9.69 Å². The van der Waals surface area contributed by atoms with E-state index in [-0.39, 0.29) is 12.5 Å². The smallest absolute Gasteiger partial charge is 0.337 e. The van der Waals surface area contributed by atoms with Gasteiger partial charge in [0.1, 0.15) is 5.75 Å². The van der Waals surface area contributed by atoms with Crippen molar-refractivity contribution in [3.8, 4) is 5.75 Å². The maximum atomic E-state index is 12.2. The first-order valence-electron chi connectivity index (χ1n) is 7.81. The fourth-order valence-electron chi connectivity index (χ4n) is 2.43. The number of anilines is 1. The standard InChI is InChI=1S/C19H22N2O4/c1-21(12-14-6-4-9-17(10-14)24-2)13-18(22)20-16-8-5-7-15(11-16)19(23)25-3/h4-11H,12-13H2,1-3H3,(H,20,22). The molecule has 0 atom stereocenters. The topological polar surface area (TPSA) is 67.9 Å². The second-order valence-corrected chi connectivity index (χ2v) is 5.64. The molecule has 0 fully saturated rings. The quantitative estimate of drug-likeness (QED) is 0.783. The van der Waals surface area contributed by atoms with Gasteiger partial charge in [-0.15, -0.1) is 0 Å². The molecule has 6 nitrogen and oxygen atoms in total. The molecule has 0 radical (unpaired) electrons. The van der Waals surface area contributed by atoms with Crippen molar-refractivity contribution in [1.82, 2.24) is 4.90 Å². The highest BCUT2D eigenvalue weighted by atomic mass is 16.5. The Labute approximate surface area is 147 Å². The summed E-state index contributed by atoms with van der Waals surface area (Å²) in [4.78, 5) is 25.6. The molecule has 0 aromatic heterocycles. The third kappa shape index (κ3) is 5.61. The zero-order valence-corrected chi connectivity index (χ0v) is 14.6. The van der Waals surface area contributed by atoms with Gasteiger partial charge in [0.25, 0.3) is 0 Å². The molecule has 0 aliphatic rings. The van der Waals surface area contributed by atoms with Gasteiger partial charge in [-0.1, -0.05) is 18.2 Å². The van der Waals surface area contributed by atoms with Crippen LogP contribution in [0, 0.1) is 0 Å². The zero-order valence-electron chi connectivity index (χ0n) is 14.6. The Balaban J connectivity index is 1.92. The fraction of sp³-hybridized carbons (Fsp3) is 0.263. The summed E-state index contributed by atoms with van der Waals surface area (Å²) in [6, 6.07) is 14.4. The van der Waals surface area contributed by atoms with Gasteiger partial charge in [0.15, 0.2) is 0 Å². The highest BCUT2D eigenvalue weighted by Crippen LogP contribution is 2.14. The number of benzene rings is 2. The third-order valence-electron chi connectivity index (χ3n) is 3.57. The molecule has 6 heteroatoms. The summed E-state index contributed by atoms with van der Waals surface area (Å²) >= 11 is 0. The minimum Gasteiger partial charge on any atom is -0.497 e. The number of ether oxygens (including phenoxy) is 2. The Morgan fingerprint density at radius 2 is 1.84 bits per heavy atom. The van der Waals surface area contributed by atoms with E-state index in [4.69, 9.17) is 4.74 Å². The first kappa shape index (κ1) is 18.5. The van der Waals surface area contributed by atoms with Gasteiger partial charge in [0.05, 0.1) is 26.3 Å². The number of nitrogens with one attached hydrogen (secondary N) is 1. The fourth-order valence-corrected chi connectivity index (χ4v) is 2.43. The van der Waals surface area contributed by atoms with Crippen molar-refractivity contribution in [3.05, 3.63) is 59.7 Å². The third-order valence-corrected chi connectivity index (χ3v) is 3.57. The minimum absolute atomic E-state index is 0.160. The number of carbonyl (C=O) groups excluding carboxylic acids is 2. The number of likely N-dealkylation sites (N-methyl/N-ethyl adjacent to an activating group) is 1. The van der Waals surface area contributed by atoms with Crippen LogP contribution in [0.5, 0.6) is 5.75 Å². The Bertz CT molecular complexity index is 746. The van der Waals surface area contributed by atoms with E-state index < -0.39 is 5.97 Å². The summed E-state index contributed by atoms with van der Waals surface area (Å²) in [5.74, 6) is 0.189. The van der Waals surface area contributed by atoms with Crippen LogP contribution in [0.15, 0.2) is 48.5 Å². The average Bonchev–Trinajstić information content (AvgIpc) is 2.61. The van der Waals surface area contributed by atoms with Gasteiger partial charge in [-0.2, -0.15) is 0 Å². The molecular weight excluding hydrogens is 320 g/mol. The zero-order chi connectivity index (χ0) is 18.2. The van der Waals surface area contributed by atoms with E-state index in [0.29, 0.717) is 17.8 Å². The van der Waals surface area contributed by atoms with Crippen LogP contribution >= 0.6 is 0 Å². The number of amides is 1. The van der Waals surface area contributed by atoms with Crippen molar-refractivity contribution in [1.29, 1.82) is 0 Å². The first-order chi connectivity index (χ1) is 12.0. The van der Waals surface area contributed by atoms with Crippen molar-refractivity contribution in [2.45, 2.75) is 6.54 Å². The van der Waals surface area contributed by atoms with Gasteiger partial charge in [-0.25, -0.2) is 4.79 Å². The van der Waals surface area contributed by atoms with E-state index >= 15 is 0 Å². The van der Waals surface area contributed by atoms with Crippen molar-refractivity contribution in [3.63, 3.8) is 0 Å². The number of esters is 1. The van der Waals surface area contributed by atoms with Crippen LogP contribution in [-0.4, -0.2) is 44.6 Å². The molecule has 0 spiro atoms. The number of carbonyl (C=O) groups is 2. The Morgan fingerprint density at radius 3 is 2.56 bits per heavy atom. The van der Waals surface area contributed by atoms with E-state index in [2.05, 4.69) is 10.1 Å². The van der Waals surface area contributed by atoms with Crippen molar-refractivity contribution >= 4 is 17.6 Å². The van der Waals surface area contributed by atoms with Gasteiger partial charge in [0.2, 0.25) is 5.91 Å². The monoisotopic (exact) mass is 342 g/mol. The first-order valence-corrected chi connectivity index (χ1v) is 7.81. The average molecular weight is 342 g/mol. The lowest BCUT2D eigenvalue weighted by molar-refractivity contribution is -0.117. The van der Waals surface area contributed by atoms with Crippen LogP contribution in [0.3, 0.4) is 0 Å². The maximum Gasteiger partial charge on any atom is 0.337 e. The number of nitrogens with zero attached hydrogens (tertiary/aromatic N) is 1. The second-order valence-electron chi connectivity index (χ2n) is 5.64. The van der Waals surface area contributed by atoms with Crippen molar-refractivity contribution in [2.24, 2.45) is 0 Å². The predicted octanol–water partition coefficient (Wildman–Crippen LogP) is 2.55. The van der Waals surface area contributed by atoms with Crippen LogP contribution in [0.1, 0.15) is 15.9 Å². The van der Waals surface area contributed by atoms with Gasteiger partial charge in [0, 0.05) is 12.2 Å². The molecule has 0 bridgehead atoms. The highest BCUT2D eigenvalue weighted by Gasteiger charge is 2.10. The summed E-state index contributed by atoms with van der Waals surface area (Å²) in [7, 11) is 4.81. The molecule has 2 rings (SSSR count). The number of methoxy groups -OCH3 is 2. The molecule has 0 saturated heterocycles. The van der Waals surface area contributed by atoms with Crippen LogP contribution in [0.2, 0.25) is 0 Å². The highest BCUT2D eigenvalue weighted by molar-refractivity contribution is 5.95. The summed E-state index contributed by atoms with van der Waals surface area (Å²) in [6.07, 6.45) is 0. The molecule has 132 valence electrons. The molecule has 2 aromatic rings. The maximum absolute atomic E-state index is 12.2. The van der Waals surface area contributed by atoms with E-state index in [1.165, 1.54) is 7.11 Å². The number of rotatable bonds is 7. The Kier molecular flexibility index (Phi) is 6.54. The molecule has 0 unspecified atom stereocenters. The van der Waals surface area contributed by atoms with Gasteiger partial charge < -0.3 is 14.8 Å². The van der Waals surface area contributed by atoms with Crippen LogP contribution in [-0.2, 0) is 16.1 Å². The largest absolute Gasteiger partial charge is 0.497 e. The summed E-state index contributed by atoms with van der Waals surface area (Å²) in [5.41, 5.74) is 2.01. The van der Waals surface area contributed by atoms with Crippen LogP contribution in [0.25, 0.3) is 0 Å². The molecule has 25 heavy (non-hydrogen) atoms. The van der Waals surface area contributed by atoms with E-state index in [1.54, 1.807) is 31.4 Å². The van der Waals surface area contributed by atoms with Gasteiger partial charge >= 0.3 is 5.97 Å². The molecule has 0 aliphatic carbocycles. The van der Waals surface area contributed by atoms with Crippen molar-refractivity contribution < 1.29 is 19.1 Å². The van der Waals surface area contributed by atoms with E-state index in [9.17, 15) is 9.59 Å². The van der Waals surface area contributed by atoms with Crippen LogP contribution in [0.4, 0.5) is 5.69 Å². The molecule has 1 N–H and O–H groups in total. The molecule has 0 heterocycles. The van der Waals surface area contributed by atoms with E-state index in [1.807, 2.05) is 36.2 Å². The molecule has 0 aliphatic heterocycles. The van der Waals surface area contributed by atoms with E-state index in [0.717, 1.165) is 11.3 Å². The number of hydrogen-bond donors (Lipinski definition) is 1. The minimum atomic E-state index is -0.439. The lowest BCUT2D eigenvalue weighted by Crippen LogP contribution is -2.29. The second kappa shape index (κ2) is 8.84. The summed E-state index contributed by atoms with van der Waals surface area (Å²) < 4.78 is 9.88. The molecular formula is C19H22N2O4. The Hall–Kier alpha value is -2.86.